The maximum absolute atomic E-state index is 11.9. The number of ether oxygens (including phenoxy) is 4. The molecule has 1 fully saturated rings. The molecule has 1 saturated heterocycles. The van der Waals surface area contributed by atoms with Gasteiger partial charge >= 0.3 is 11.9 Å². The minimum Gasteiger partial charge on any atom is -0.467 e. The molecule has 0 aromatic rings. The Bertz CT molecular complexity index is 341. The zero-order chi connectivity index (χ0) is 14.1. The molecule has 0 aromatic carbocycles. The van der Waals surface area contributed by atoms with Crippen molar-refractivity contribution in [1.29, 1.82) is 0 Å². The van der Waals surface area contributed by atoms with Gasteiger partial charge in [0.15, 0.2) is 18.0 Å². The fourth-order valence-electron chi connectivity index (χ4n) is 1.58. The molecule has 0 bridgehead atoms. The molecule has 0 N–H and O–H groups in total. The van der Waals surface area contributed by atoms with Gasteiger partial charge in [0.25, 0.3) is 0 Å². The predicted molar refractivity (Wildman–Crippen MR) is 61.7 cm³/mol. The molecule has 1 aliphatic heterocycles. The van der Waals surface area contributed by atoms with E-state index >= 15 is 0 Å². The van der Waals surface area contributed by atoms with E-state index in [1.165, 1.54) is 7.11 Å². The molecule has 0 aromatic heterocycles. The van der Waals surface area contributed by atoms with Crippen LogP contribution in [0.25, 0.3) is 0 Å². The first kappa shape index (κ1) is 14.9. The zero-order valence-corrected chi connectivity index (χ0v) is 11.6. The standard InChI is InChI=1S/C12H20O6/c1-11(2,3)18-10(14)8-7(9(13)15-6)16-12(4,5)17-8/h7-8H,1-6H3. The minimum absolute atomic E-state index is 0.636. The second-order valence-electron chi connectivity index (χ2n) is 5.53. The van der Waals surface area contributed by atoms with Crippen LogP contribution in [0.1, 0.15) is 34.6 Å². The van der Waals surface area contributed by atoms with Gasteiger partial charge in [0.2, 0.25) is 0 Å². The summed E-state index contributed by atoms with van der Waals surface area (Å²) in [7, 11) is 1.23. The fourth-order valence-corrected chi connectivity index (χ4v) is 1.58. The van der Waals surface area contributed by atoms with Crippen molar-refractivity contribution in [1.82, 2.24) is 0 Å². The summed E-state index contributed by atoms with van der Waals surface area (Å²) in [6, 6.07) is 0. The number of carbonyl (C=O) groups is 2. The van der Waals surface area contributed by atoms with Crippen LogP contribution >= 0.6 is 0 Å². The van der Waals surface area contributed by atoms with Crippen molar-refractivity contribution in [3.63, 3.8) is 0 Å². The van der Waals surface area contributed by atoms with Gasteiger partial charge < -0.3 is 18.9 Å². The molecule has 2 unspecified atom stereocenters. The normalized spacial score (nSPS) is 26.8. The largest absolute Gasteiger partial charge is 0.467 e. The first-order chi connectivity index (χ1) is 8.06. The van der Waals surface area contributed by atoms with Crippen LogP contribution in [0.4, 0.5) is 0 Å². The monoisotopic (exact) mass is 260 g/mol. The summed E-state index contributed by atoms with van der Waals surface area (Å²) in [6.45, 7) is 8.44. The Morgan fingerprint density at radius 3 is 1.89 bits per heavy atom. The summed E-state index contributed by atoms with van der Waals surface area (Å²) in [4.78, 5) is 23.5. The smallest absolute Gasteiger partial charge is 0.339 e. The topological polar surface area (TPSA) is 71.1 Å². The summed E-state index contributed by atoms with van der Waals surface area (Å²) >= 11 is 0. The highest BCUT2D eigenvalue weighted by molar-refractivity contribution is 5.86. The SMILES string of the molecule is COC(=O)C1OC(C)(C)OC1C(=O)OC(C)(C)C. The van der Waals surface area contributed by atoms with Crippen LogP contribution in [0.2, 0.25) is 0 Å². The van der Waals surface area contributed by atoms with Crippen LogP contribution in [0, 0.1) is 0 Å². The summed E-state index contributed by atoms with van der Waals surface area (Å²) < 4.78 is 20.5. The molecule has 0 spiro atoms. The fraction of sp³-hybridized carbons (Fsp3) is 0.833. The van der Waals surface area contributed by atoms with Crippen LogP contribution in [-0.4, -0.2) is 42.6 Å². The number of rotatable bonds is 2. The Hall–Kier alpha value is -1.14. The van der Waals surface area contributed by atoms with E-state index in [-0.39, 0.29) is 0 Å². The lowest BCUT2D eigenvalue weighted by Crippen LogP contribution is -2.41. The molecule has 6 nitrogen and oxygen atoms in total. The van der Waals surface area contributed by atoms with Crippen LogP contribution < -0.4 is 0 Å². The third-order valence-corrected chi connectivity index (χ3v) is 2.17. The molecule has 2 atom stereocenters. The number of esters is 2. The molecular formula is C12H20O6. The van der Waals surface area contributed by atoms with E-state index in [4.69, 9.17) is 14.2 Å². The molecule has 0 saturated carbocycles. The Balaban J connectivity index is 2.84. The first-order valence-corrected chi connectivity index (χ1v) is 5.72. The van der Waals surface area contributed by atoms with Crippen LogP contribution in [0.3, 0.4) is 0 Å². The van der Waals surface area contributed by atoms with Crippen LogP contribution in [0.15, 0.2) is 0 Å². The Labute approximate surface area is 107 Å². The van der Waals surface area contributed by atoms with Gasteiger partial charge in [-0.1, -0.05) is 0 Å². The highest BCUT2D eigenvalue weighted by Gasteiger charge is 2.51. The van der Waals surface area contributed by atoms with Gasteiger partial charge in [0, 0.05) is 0 Å². The molecule has 1 aliphatic rings. The second-order valence-corrected chi connectivity index (χ2v) is 5.53. The van der Waals surface area contributed by atoms with E-state index in [2.05, 4.69) is 4.74 Å². The van der Waals surface area contributed by atoms with Gasteiger partial charge in [-0.15, -0.1) is 0 Å². The molecule has 0 amide bonds. The van der Waals surface area contributed by atoms with Crippen molar-refractivity contribution in [3.8, 4) is 0 Å². The first-order valence-electron chi connectivity index (χ1n) is 5.72. The molecular weight excluding hydrogens is 240 g/mol. The second kappa shape index (κ2) is 4.85. The number of methoxy groups -OCH3 is 1. The van der Waals surface area contributed by atoms with Crippen molar-refractivity contribution in [3.05, 3.63) is 0 Å². The highest BCUT2D eigenvalue weighted by atomic mass is 16.8. The van der Waals surface area contributed by atoms with Crippen molar-refractivity contribution in [2.45, 2.75) is 58.2 Å². The lowest BCUT2D eigenvalue weighted by molar-refractivity contribution is -0.179. The quantitative estimate of drug-likeness (QED) is 0.690. The molecule has 18 heavy (non-hydrogen) atoms. The Morgan fingerprint density at radius 1 is 1.06 bits per heavy atom. The maximum Gasteiger partial charge on any atom is 0.339 e. The minimum atomic E-state index is -1.10. The van der Waals surface area contributed by atoms with Crippen LogP contribution in [0.5, 0.6) is 0 Å². The highest BCUT2D eigenvalue weighted by Crippen LogP contribution is 2.30. The van der Waals surface area contributed by atoms with E-state index in [0.29, 0.717) is 0 Å². The van der Waals surface area contributed by atoms with E-state index in [1.807, 2.05) is 0 Å². The van der Waals surface area contributed by atoms with E-state index in [9.17, 15) is 9.59 Å². The third-order valence-electron chi connectivity index (χ3n) is 2.17. The summed E-state index contributed by atoms with van der Waals surface area (Å²) in [5, 5.41) is 0. The summed E-state index contributed by atoms with van der Waals surface area (Å²) in [5.74, 6) is -2.32. The van der Waals surface area contributed by atoms with Gasteiger partial charge in [-0.05, 0) is 34.6 Å². The van der Waals surface area contributed by atoms with Crippen LogP contribution in [-0.2, 0) is 28.5 Å². The molecule has 1 heterocycles. The van der Waals surface area contributed by atoms with Crippen molar-refractivity contribution in [2.24, 2.45) is 0 Å². The predicted octanol–water partition coefficient (Wildman–Crippen LogP) is 1.02. The molecule has 0 radical (unpaired) electrons. The Kier molecular flexibility index (Phi) is 4.02. The van der Waals surface area contributed by atoms with E-state index < -0.39 is 35.5 Å². The molecule has 104 valence electrons. The lowest BCUT2D eigenvalue weighted by Gasteiger charge is -2.23. The van der Waals surface area contributed by atoms with Gasteiger partial charge in [0.05, 0.1) is 7.11 Å². The summed E-state index contributed by atoms with van der Waals surface area (Å²) in [6.07, 6.45) is -2.20. The van der Waals surface area contributed by atoms with E-state index in [0.717, 1.165) is 0 Å². The maximum atomic E-state index is 11.9. The van der Waals surface area contributed by atoms with Crippen molar-refractivity contribution in [2.75, 3.05) is 7.11 Å². The van der Waals surface area contributed by atoms with Gasteiger partial charge in [0.1, 0.15) is 5.60 Å². The summed E-state index contributed by atoms with van der Waals surface area (Å²) in [5.41, 5.74) is -0.659. The van der Waals surface area contributed by atoms with E-state index in [1.54, 1.807) is 34.6 Å². The molecule has 6 heteroatoms. The number of hydrogen-bond acceptors (Lipinski definition) is 6. The average Bonchev–Trinajstić information content (AvgIpc) is 2.51. The number of carbonyl (C=O) groups excluding carboxylic acids is 2. The van der Waals surface area contributed by atoms with Crippen molar-refractivity contribution < 1.29 is 28.5 Å². The van der Waals surface area contributed by atoms with Gasteiger partial charge in [-0.2, -0.15) is 0 Å². The molecule has 0 aliphatic carbocycles. The number of hydrogen-bond donors (Lipinski definition) is 0. The lowest BCUT2D eigenvalue weighted by atomic mass is 10.1. The molecule has 1 rings (SSSR count). The van der Waals surface area contributed by atoms with Gasteiger partial charge in [-0.25, -0.2) is 9.59 Å². The average molecular weight is 260 g/mol. The zero-order valence-electron chi connectivity index (χ0n) is 11.6. The van der Waals surface area contributed by atoms with Crippen molar-refractivity contribution >= 4 is 11.9 Å². The van der Waals surface area contributed by atoms with Gasteiger partial charge in [-0.3, -0.25) is 0 Å². The Morgan fingerprint density at radius 2 is 1.50 bits per heavy atom. The third kappa shape index (κ3) is 3.68.